The fraction of sp³-hybridized carbons (Fsp3) is 0.750. The monoisotopic (exact) mass is 279 g/mol. The molecule has 0 aliphatic carbocycles. The number of nitrogens with zero attached hydrogens (tertiary/aromatic N) is 2. The highest BCUT2D eigenvalue weighted by Gasteiger charge is 2.30. The molecular weight excluding hydrogens is 259 g/mol. The molecule has 1 atom stereocenters. The molecular formula is C12H20F3N3O. The van der Waals surface area contributed by atoms with E-state index in [1.54, 1.807) is 11.7 Å². The zero-order valence-electron chi connectivity index (χ0n) is 11.4. The van der Waals surface area contributed by atoms with E-state index >= 15 is 0 Å². The van der Waals surface area contributed by atoms with Crippen LogP contribution in [-0.4, -0.2) is 29.6 Å². The lowest BCUT2D eigenvalue weighted by atomic mass is 10.1. The molecule has 1 aromatic heterocycles. The predicted molar refractivity (Wildman–Crippen MR) is 66.1 cm³/mol. The number of rotatable bonds is 7. The summed E-state index contributed by atoms with van der Waals surface area (Å²) in [5.74, 6) is 0.512. The Balaban J connectivity index is 2.85. The Hall–Kier alpha value is -1.24. The summed E-state index contributed by atoms with van der Waals surface area (Å²) >= 11 is 0. The Bertz CT molecular complexity index is 390. The molecule has 0 radical (unpaired) electrons. The Kier molecular flexibility index (Phi) is 5.65. The summed E-state index contributed by atoms with van der Waals surface area (Å²) in [5, 5.41) is 7.15. The molecule has 0 saturated heterocycles. The second-order valence-electron chi connectivity index (χ2n) is 4.38. The molecule has 7 heteroatoms. The first kappa shape index (κ1) is 15.8. The standard InChI is InChI=1S/C12H20F3N3O/c1-4-7-16-9(5-6-12(13,14)15)11-10(19-3)8-17-18(11)2/h8-9,16H,4-7H2,1-3H3. The first-order chi connectivity index (χ1) is 8.89. The minimum absolute atomic E-state index is 0.0284. The van der Waals surface area contributed by atoms with Crippen LogP contribution in [0.1, 0.15) is 37.9 Å². The summed E-state index contributed by atoms with van der Waals surface area (Å²) in [6.07, 6.45) is -2.65. The van der Waals surface area contributed by atoms with Crippen molar-refractivity contribution < 1.29 is 17.9 Å². The van der Waals surface area contributed by atoms with Gasteiger partial charge in [-0.1, -0.05) is 6.92 Å². The molecule has 0 aliphatic rings. The van der Waals surface area contributed by atoms with Crippen LogP contribution < -0.4 is 10.1 Å². The summed E-state index contributed by atoms with van der Waals surface area (Å²) < 4.78 is 43.9. The molecule has 1 N–H and O–H groups in total. The van der Waals surface area contributed by atoms with Crippen molar-refractivity contribution in [2.75, 3.05) is 13.7 Å². The lowest BCUT2D eigenvalue weighted by Crippen LogP contribution is -2.26. The van der Waals surface area contributed by atoms with Crippen molar-refractivity contribution in [3.05, 3.63) is 11.9 Å². The molecule has 0 spiro atoms. The molecule has 0 saturated carbocycles. The minimum atomic E-state index is -4.15. The lowest BCUT2D eigenvalue weighted by Gasteiger charge is -2.20. The zero-order chi connectivity index (χ0) is 14.5. The van der Waals surface area contributed by atoms with Crippen molar-refractivity contribution in [2.45, 2.75) is 38.4 Å². The maximum atomic E-state index is 12.4. The number of hydrogen-bond acceptors (Lipinski definition) is 3. The molecule has 1 rings (SSSR count). The Morgan fingerprint density at radius 1 is 1.47 bits per heavy atom. The highest BCUT2D eigenvalue weighted by Crippen LogP contribution is 2.31. The van der Waals surface area contributed by atoms with E-state index in [1.165, 1.54) is 13.3 Å². The third-order valence-corrected chi connectivity index (χ3v) is 2.86. The summed E-state index contributed by atoms with van der Waals surface area (Å²) in [7, 11) is 3.19. The van der Waals surface area contributed by atoms with Gasteiger partial charge in [0.1, 0.15) is 0 Å². The second kappa shape index (κ2) is 6.79. The molecule has 110 valence electrons. The molecule has 1 unspecified atom stereocenters. The topological polar surface area (TPSA) is 39.1 Å². The molecule has 0 bridgehead atoms. The van der Waals surface area contributed by atoms with Crippen LogP contribution in [0.2, 0.25) is 0 Å². The van der Waals surface area contributed by atoms with Gasteiger partial charge in [-0.3, -0.25) is 4.68 Å². The fourth-order valence-electron chi connectivity index (χ4n) is 1.94. The number of hydrogen-bond donors (Lipinski definition) is 1. The third-order valence-electron chi connectivity index (χ3n) is 2.86. The van der Waals surface area contributed by atoms with Crippen LogP contribution in [-0.2, 0) is 7.05 Å². The molecule has 0 amide bonds. The van der Waals surface area contributed by atoms with Crippen LogP contribution >= 0.6 is 0 Å². The number of aromatic nitrogens is 2. The van der Waals surface area contributed by atoms with Gasteiger partial charge in [-0.2, -0.15) is 18.3 Å². The highest BCUT2D eigenvalue weighted by molar-refractivity contribution is 5.28. The first-order valence-corrected chi connectivity index (χ1v) is 6.25. The molecule has 0 aliphatic heterocycles. The van der Waals surface area contributed by atoms with Crippen molar-refractivity contribution in [1.29, 1.82) is 0 Å². The quantitative estimate of drug-likeness (QED) is 0.834. The van der Waals surface area contributed by atoms with Crippen molar-refractivity contribution >= 4 is 0 Å². The first-order valence-electron chi connectivity index (χ1n) is 6.25. The summed E-state index contributed by atoms with van der Waals surface area (Å²) in [5.41, 5.74) is 0.653. The van der Waals surface area contributed by atoms with Gasteiger partial charge in [-0.05, 0) is 19.4 Å². The molecule has 1 aromatic rings. The zero-order valence-corrected chi connectivity index (χ0v) is 11.4. The number of alkyl halides is 3. The van der Waals surface area contributed by atoms with Gasteiger partial charge in [0, 0.05) is 13.5 Å². The maximum Gasteiger partial charge on any atom is 0.389 e. The average Bonchev–Trinajstić information content (AvgIpc) is 2.70. The van der Waals surface area contributed by atoms with Gasteiger partial charge in [-0.15, -0.1) is 0 Å². The molecule has 4 nitrogen and oxygen atoms in total. The van der Waals surface area contributed by atoms with Crippen molar-refractivity contribution in [3.63, 3.8) is 0 Å². The predicted octanol–water partition coefficient (Wildman–Crippen LogP) is 2.81. The van der Waals surface area contributed by atoms with E-state index in [1.807, 2.05) is 6.92 Å². The van der Waals surface area contributed by atoms with Crippen molar-refractivity contribution in [2.24, 2.45) is 7.05 Å². The molecule has 19 heavy (non-hydrogen) atoms. The van der Waals surface area contributed by atoms with Gasteiger partial charge in [0.05, 0.1) is 25.0 Å². The smallest absolute Gasteiger partial charge is 0.389 e. The van der Waals surface area contributed by atoms with Crippen LogP contribution in [0.25, 0.3) is 0 Å². The normalized spacial score (nSPS) is 13.6. The summed E-state index contributed by atoms with van der Waals surface area (Å²) in [6, 6.07) is -0.413. The number of halogens is 3. The van der Waals surface area contributed by atoms with E-state index in [0.717, 1.165) is 6.42 Å². The van der Waals surface area contributed by atoms with Crippen LogP contribution in [0.15, 0.2) is 6.20 Å². The van der Waals surface area contributed by atoms with Gasteiger partial charge in [0.2, 0.25) is 0 Å². The van der Waals surface area contributed by atoms with E-state index < -0.39 is 18.6 Å². The van der Waals surface area contributed by atoms with Crippen LogP contribution in [0.5, 0.6) is 5.75 Å². The van der Waals surface area contributed by atoms with E-state index in [-0.39, 0.29) is 6.42 Å². The molecule has 0 aromatic carbocycles. The van der Waals surface area contributed by atoms with E-state index in [4.69, 9.17) is 4.74 Å². The number of methoxy groups -OCH3 is 1. The number of nitrogens with one attached hydrogen (secondary N) is 1. The van der Waals surface area contributed by atoms with Gasteiger partial charge >= 0.3 is 6.18 Å². The third kappa shape index (κ3) is 4.74. The van der Waals surface area contributed by atoms with Gasteiger partial charge in [-0.25, -0.2) is 0 Å². The Labute approximate surface area is 110 Å². The van der Waals surface area contributed by atoms with Gasteiger partial charge in [0.15, 0.2) is 5.75 Å². The van der Waals surface area contributed by atoms with E-state index in [9.17, 15) is 13.2 Å². The number of ether oxygens (including phenoxy) is 1. The molecule has 1 heterocycles. The lowest BCUT2D eigenvalue weighted by molar-refractivity contribution is -0.136. The Morgan fingerprint density at radius 3 is 2.68 bits per heavy atom. The minimum Gasteiger partial charge on any atom is -0.493 e. The van der Waals surface area contributed by atoms with E-state index in [0.29, 0.717) is 18.0 Å². The van der Waals surface area contributed by atoms with Crippen LogP contribution in [0.3, 0.4) is 0 Å². The Morgan fingerprint density at radius 2 is 2.16 bits per heavy atom. The average molecular weight is 279 g/mol. The number of aryl methyl sites for hydroxylation is 1. The maximum absolute atomic E-state index is 12.4. The van der Waals surface area contributed by atoms with Crippen molar-refractivity contribution in [1.82, 2.24) is 15.1 Å². The van der Waals surface area contributed by atoms with Gasteiger partial charge in [0.25, 0.3) is 0 Å². The van der Waals surface area contributed by atoms with Crippen molar-refractivity contribution in [3.8, 4) is 5.75 Å². The summed E-state index contributed by atoms with van der Waals surface area (Å²) in [4.78, 5) is 0. The fourth-order valence-corrected chi connectivity index (χ4v) is 1.94. The van der Waals surface area contributed by atoms with E-state index in [2.05, 4.69) is 10.4 Å². The highest BCUT2D eigenvalue weighted by atomic mass is 19.4. The second-order valence-corrected chi connectivity index (χ2v) is 4.38. The van der Waals surface area contributed by atoms with Gasteiger partial charge < -0.3 is 10.1 Å². The largest absolute Gasteiger partial charge is 0.493 e. The SMILES string of the molecule is CCCNC(CCC(F)(F)F)c1c(OC)cnn1C. The van der Waals surface area contributed by atoms with Crippen LogP contribution in [0, 0.1) is 0 Å². The summed E-state index contributed by atoms with van der Waals surface area (Å²) in [6.45, 7) is 2.62. The molecule has 0 fully saturated rings. The van der Waals surface area contributed by atoms with Crippen LogP contribution in [0.4, 0.5) is 13.2 Å².